The lowest BCUT2D eigenvalue weighted by Crippen LogP contribution is -2.26. The highest BCUT2D eigenvalue weighted by atomic mass is 16.5. The van der Waals surface area contributed by atoms with E-state index in [0.717, 1.165) is 24.6 Å². The average molecular weight is 184 g/mol. The minimum Gasteiger partial charge on any atom is -0.441 e. The second-order valence-electron chi connectivity index (χ2n) is 3.44. The molecule has 0 spiro atoms. The molecule has 0 fully saturated rings. The fraction of sp³-hybridized carbons (Fsp3) is 0.167. The molecule has 69 valence electrons. The number of fused-ring (bicyclic) bond motifs is 1. The highest BCUT2D eigenvalue weighted by Crippen LogP contribution is 2.29. The van der Waals surface area contributed by atoms with Gasteiger partial charge in [-0.15, -0.1) is 0 Å². The van der Waals surface area contributed by atoms with E-state index >= 15 is 0 Å². The summed E-state index contributed by atoms with van der Waals surface area (Å²) in [5.41, 5.74) is 2.43. The van der Waals surface area contributed by atoms with Crippen molar-refractivity contribution in [2.45, 2.75) is 6.42 Å². The molecule has 1 aromatic carbocycles. The van der Waals surface area contributed by atoms with E-state index in [4.69, 9.17) is 4.74 Å². The molecular weight excluding hydrogens is 174 g/mol. The van der Waals surface area contributed by atoms with Gasteiger partial charge >= 0.3 is 0 Å². The summed E-state index contributed by atoms with van der Waals surface area (Å²) in [4.78, 5) is 0. The Morgan fingerprint density at radius 3 is 3.21 bits per heavy atom. The lowest BCUT2D eigenvalue weighted by Gasteiger charge is -2.24. The van der Waals surface area contributed by atoms with Crippen molar-refractivity contribution in [3.05, 3.63) is 53.4 Å². The third-order valence-corrected chi connectivity index (χ3v) is 2.48. The van der Waals surface area contributed by atoms with Gasteiger partial charge in [-0.3, -0.25) is 0 Å². The van der Waals surface area contributed by atoms with E-state index in [1.54, 1.807) is 0 Å². The molecule has 0 aliphatic carbocycles. The molecule has 14 heavy (non-hydrogen) atoms. The quantitative estimate of drug-likeness (QED) is 0.663. The summed E-state index contributed by atoms with van der Waals surface area (Å²) >= 11 is 0. The van der Waals surface area contributed by atoms with Gasteiger partial charge in [0, 0.05) is 18.5 Å². The highest BCUT2D eigenvalue weighted by Gasteiger charge is 2.18. The van der Waals surface area contributed by atoms with Crippen LogP contribution in [0.25, 0.3) is 0 Å². The van der Waals surface area contributed by atoms with Crippen LogP contribution in [-0.4, -0.2) is 6.54 Å². The van der Waals surface area contributed by atoms with Crippen LogP contribution in [0, 0.1) is 6.08 Å². The molecule has 2 aliphatic heterocycles. The Morgan fingerprint density at radius 2 is 2.21 bits per heavy atom. The summed E-state index contributed by atoms with van der Waals surface area (Å²) in [5, 5.41) is 3.18. The van der Waals surface area contributed by atoms with Crippen molar-refractivity contribution in [3.8, 4) is 5.75 Å². The molecule has 1 N–H and O–H groups in total. The summed E-state index contributed by atoms with van der Waals surface area (Å²) in [6.45, 7) is 0.737. The summed E-state index contributed by atoms with van der Waals surface area (Å²) in [6, 6.07) is 8.14. The van der Waals surface area contributed by atoms with E-state index in [0.29, 0.717) is 0 Å². The normalized spacial score (nSPS) is 18.0. The van der Waals surface area contributed by atoms with Crippen LogP contribution in [0.2, 0.25) is 0 Å². The highest BCUT2D eigenvalue weighted by molar-refractivity contribution is 5.44. The number of hydrogen-bond donors (Lipinski definition) is 1. The van der Waals surface area contributed by atoms with Crippen molar-refractivity contribution >= 4 is 0 Å². The summed E-state index contributed by atoms with van der Waals surface area (Å²) in [6.07, 6.45) is 6.09. The minimum absolute atomic E-state index is 0.737. The molecule has 1 aromatic rings. The Bertz CT molecular complexity index is 432. The van der Waals surface area contributed by atoms with Crippen molar-refractivity contribution in [3.63, 3.8) is 0 Å². The molecule has 1 radical (unpaired) electrons. The molecule has 2 nitrogen and oxygen atoms in total. The first-order valence-electron chi connectivity index (χ1n) is 4.73. The van der Waals surface area contributed by atoms with Gasteiger partial charge in [0.25, 0.3) is 0 Å². The monoisotopic (exact) mass is 184 g/mol. The third kappa shape index (κ3) is 1.11. The predicted octanol–water partition coefficient (Wildman–Crippen LogP) is 1.80. The van der Waals surface area contributed by atoms with Gasteiger partial charge < -0.3 is 10.1 Å². The number of benzene rings is 1. The third-order valence-electron chi connectivity index (χ3n) is 2.48. The molecule has 0 amide bonds. The van der Waals surface area contributed by atoms with Crippen LogP contribution >= 0.6 is 0 Å². The number of dihydropyridines is 1. The number of rotatable bonds is 0. The van der Waals surface area contributed by atoms with Crippen molar-refractivity contribution in [2.75, 3.05) is 6.54 Å². The van der Waals surface area contributed by atoms with Gasteiger partial charge in [0.1, 0.15) is 5.75 Å². The van der Waals surface area contributed by atoms with Crippen LogP contribution in [0.5, 0.6) is 5.75 Å². The topological polar surface area (TPSA) is 21.3 Å². The molecule has 2 aliphatic rings. The Hall–Kier alpha value is -1.70. The predicted molar refractivity (Wildman–Crippen MR) is 53.6 cm³/mol. The molecule has 0 bridgehead atoms. The fourth-order valence-electron chi connectivity index (χ4n) is 1.78. The number of ether oxygens (including phenoxy) is 1. The second-order valence-corrected chi connectivity index (χ2v) is 3.44. The first kappa shape index (κ1) is 7.68. The van der Waals surface area contributed by atoms with Crippen LogP contribution in [-0.2, 0) is 6.42 Å². The van der Waals surface area contributed by atoms with Crippen LogP contribution < -0.4 is 10.1 Å². The van der Waals surface area contributed by atoms with Crippen molar-refractivity contribution < 1.29 is 4.74 Å². The van der Waals surface area contributed by atoms with Gasteiger partial charge in [0.05, 0.1) is 0 Å². The molecule has 0 saturated carbocycles. The van der Waals surface area contributed by atoms with Crippen molar-refractivity contribution in [1.82, 2.24) is 5.32 Å². The van der Waals surface area contributed by atoms with Gasteiger partial charge in [-0.1, -0.05) is 18.2 Å². The van der Waals surface area contributed by atoms with E-state index < -0.39 is 0 Å². The first-order chi connectivity index (χ1) is 6.93. The molecular formula is C12H10NO. The van der Waals surface area contributed by atoms with Gasteiger partial charge in [-0.25, -0.2) is 0 Å². The van der Waals surface area contributed by atoms with Crippen molar-refractivity contribution in [2.24, 2.45) is 0 Å². The molecule has 0 saturated heterocycles. The molecule has 0 aromatic heterocycles. The van der Waals surface area contributed by atoms with Crippen molar-refractivity contribution in [1.29, 1.82) is 0 Å². The van der Waals surface area contributed by atoms with E-state index in [9.17, 15) is 0 Å². The maximum absolute atomic E-state index is 5.73. The molecule has 2 heteroatoms. The SMILES string of the molecule is [C]1=CC2=C(NC1)Oc1ccccc1C2. The van der Waals surface area contributed by atoms with Crippen LogP contribution in [0.1, 0.15) is 5.56 Å². The summed E-state index contributed by atoms with van der Waals surface area (Å²) in [7, 11) is 0. The zero-order valence-electron chi connectivity index (χ0n) is 7.71. The van der Waals surface area contributed by atoms with E-state index in [1.165, 1.54) is 11.1 Å². The second kappa shape index (κ2) is 2.91. The van der Waals surface area contributed by atoms with Gasteiger partial charge in [-0.2, -0.15) is 0 Å². The van der Waals surface area contributed by atoms with Crippen LogP contribution in [0.15, 0.2) is 41.8 Å². The molecule has 0 atom stereocenters. The van der Waals surface area contributed by atoms with Gasteiger partial charge in [-0.05, 0) is 23.8 Å². The lowest BCUT2D eigenvalue weighted by atomic mass is 10.0. The number of hydrogen-bond acceptors (Lipinski definition) is 2. The largest absolute Gasteiger partial charge is 0.441 e. The Labute approximate surface area is 82.9 Å². The van der Waals surface area contributed by atoms with Gasteiger partial charge in [0.2, 0.25) is 0 Å². The number of allylic oxidation sites excluding steroid dienone is 2. The lowest BCUT2D eigenvalue weighted by molar-refractivity contribution is 0.363. The number of nitrogens with one attached hydrogen (secondary N) is 1. The zero-order valence-corrected chi connectivity index (χ0v) is 7.71. The maximum Gasteiger partial charge on any atom is 0.197 e. The van der Waals surface area contributed by atoms with E-state index in [1.807, 2.05) is 24.3 Å². The maximum atomic E-state index is 5.73. The molecule has 3 rings (SSSR count). The minimum atomic E-state index is 0.737. The van der Waals surface area contributed by atoms with Gasteiger partial charge in [0.15, 0.2) is 5.88 Å². The fourth-order valence-corrected chi connectivity index (χ4v) is 1.78. The average Bonchev–Trinajstić information content (AvgIpc) is 2.26. The Kier molecular flexibility index (Phi) is 1.60. The standard InChI is InChI=1S/C12H10NO/c1-2-6-11-9(4-1)8-10-5-3-7-13-12(10)14-11/h1-2,4-6,13H,7-8H2. The summed E-state index contributed by atoms with van der Waals surface area (Å²) < 4.78 is 5.73. The van der Waals surface area contributed by atoms with Crippen LogP contribution in [0.4, 0.5) is 0 Å². The van der Waals surface area contributed by atoms with Crippen LogP contribution in [0.3, 0.4) is 0 Å². The Balaban J connectivity index is 2.03. The first-order valence-corrected chi connectivity index (χ1v) is 4.73. The molecule has 2 heterocycles. The van der Waals surface area contributed by atoms with E-state index in [2.05, 4.69) is 17.5 Å². The molecule has 0 unspecified atom stereocenters. The van der Waals surface area contributed by atoms with E-state index in [-0.39, 0.29) is 0 Å². The smallest absolute Gasteiger partial charge is 0.197 e. The summed E-state index contributed by atoms with van der Waals surface area (Å²) in [5.74, 6) is 1.86. The Morgan fingerprint density at radius 1 is 1.29 bits per heavy atom. The number of para-hydroxylation sites is 1. The zero-order chi connectivity index (χ0) is 9.38.